The molecule has 1 aliphatic rings. The summed E-state index contributed by atoms with van der Waals surface area (Å²) in [6.07, 6.45) is 0. The lowest BCUT2D eigenvalue weighted by Gasteiger charge is -2.36. The van der Waals surface area contributed by atoms with E-state index in [1.54, 1.807) is 29.5 Å². The molecule has 1 aliphatic heterocycles. The predicted octanol–water partition coefficient (Wildman–Crippen LogP) is 2.36. The normalized spacial score (nSPS) is 15.5. The number of hydrogen-bond acceptors (Lipinski definition) is 6. The van der Waals surface area contributed by atoms with Gasteiger partial charge in [0.1, 0.15) is 0 Å². The highest BCUT2D eigenvalue weighted by Crippen LogP contribution is 2.30. The average Bonchev–Trinajstić information content (AvgIpc) is 2.98. The van der Waals surface area contributed by atoms with Crippen LogP contribution in [0.4, 0.5) is 5.13 Å². The number of fused-ring (bicyclic) bond motifs is 1. The van der Waals surface area contributed by atoms with Crippen molar-refractivity contribution >= 4 is 32.7 Å². The summed E-state index contributed by atoms with van der Waals surface area (Å²) in [5, 5.41) is 12.8. The lowest BCUT2D eigenvalue weighted by atomic mass is 10.2. The molecule has 3 rings (SSSR count). The van der Waals surface area contributed by atoms with Crippen LogP contribution in [0.25, 0.3) is 10.2 Å². The van der Waals surface area contributed by atoms with E-state index in [1.807, 2.05) is 14.1 Å². The molecule has 0 radical (unpaired) electrons. The Morgan fingerprint density at radius 3 is 2.42 bits per heavy atom. The number of carboxylic acids is 1. The number of benzene rings is 1. The largest absolute Gasteiger partial charge is 0.478 e. The monoisotopic (exact) mass is 350 g/mol. The summed E-state index contributed by atoms with van der Waals surface area (Å²) in [6.45, 7) is 8.50. The van der Waals surface area contributed by atoms with Gasteiger partial charge < -0.3 is 15.3 Å². The lowest BCUT2D eigenvalue weighted by Crippen LogP contribution is -2.48. The van der Waals surface area contributed by atoms with E-state index in [2.05, 4.69) is 33.9 Å². The molecule has 1 aromatic carbocycles. The molecule has 2 heterocycles. The van der Waals surface area contributed by atoms with Crippen LogP contribution >= 0.6 is 11.3 Å². The van der Waals surface area contributed by atoms with Crippen LogP contribution in [0.5, 0.6) is 0 Å². The van der Waals surface area contributed by atoms with Gasteiger partial charge in [0.05, 0.1) is 15.8 Å². The highest BCUT2D eigenvalue weighted by Gasteiger charge is 2.21. The van der Waals surface area contributed by atoms with Crippen LogP contribution in [0, 0.1) is 0 Å². The third kappa shape index (κ3) is 4.43. The molecule has 0 amide bonds. The second-order valence-corrected chi connectivity index (χ2v) is 7.11. The molecule has 2 aromatic rings. The molecule has 1 saturated heterocycles. The molecule has 6 nitrogen and oxygen atoms in total. The molecule has 0 spiro atoms. The van der Waals surface area contributed by atoms with Crippen LogP contribution in [0.15, 0.2) is 18.2 Å². The van der Waals surface area contributed by atoms with Crippen molar-refractivity contribution in [2.45, 2.75) is 19.9 Å². The van der Waals surface area contributed by atoms with E-state index in [0.717, 1.165) is 41.5 Å². The number of carboxylic acid groups (broad SMARTS) is 1. The van der Waals surface area contributed by atoms with Gasteiger partial charge in [0.2, 0.25) is 0 Å². The van der Waals surface area contributed by atoms with Crippen LogP contribution in [0.1, 0.15) is 24.2 Å². The Balaban J connectivity index is 0.000000647. The molecule has 1 aromatic heterocycles. The van der Waals surface area contributed by atoms with E-state index in [1.165, 1.54) is 0 Å². The lowest BCUT2D eigenvalue weighted by molar-refractivity contribution is 0.0697. The van der Waals surface area contributed by atoms with Crippen molar-refractivity contribution in [2.75, 3.05) is 45.2 Å². The van der Waals surface area contributed by atoms with Crippen molar-refractivity contribution in [1.82, 2.24) is 15.2 Å². The van der Waals surface area contributed by atoms with Crippen LogP contribution in [-0.4, -0.2) is 67.3 Å². The Morgan fingerprint density at radius 2 is 1.88 bits per heavy atom. The van der Waals surface area contributed by atoms with Crippen LogP contribution in [-0.2, 0) is 0 Å². The summed E-state index contributed by atoms with van der Waals surface area (Å²) in [7, 11) is 3.75. The number of hydrogen-bond donors (Lipinski definition) is 2. The minimum absolute atomic E-state index is 0.322. The summed E-state index contributed by atoms with van der Waals surface area (Å²) < 4.78 is 0.941. The Labute approximate surface area is 147 Å². The number of nitrogens with one attached hydrogen (secondary N) is 1. The minimum Gasteiger partial charge on any atom is -0.478 e. The fourth-order valence-electron chi connectivity index (χ4n) is 2.61. The van der Waals surface area contributed by atoms with Gasteiger partial charge in [0.15, 0.2) is 5.13 Å². The molecule has 24 heavy (non-hydrogen) atoms. The van der Waals surface area contributed by atoms with Gasteiger partial charge in [0, 0.05) is 32.2 Å². The molecule has 0 unspecified atom stereocenters. The fraction of sp³-hybridized carbons (Fsp3) is 0.529. The van der Waals surface area contributed by atoms with Gasteiger partial charge in [-0.3, -0.25) is 4.90 Å². The van der Waals surface area contributed by atoms with E-state index in [0.29, 0.717) is 11.6 Å². The Kier molecular flexibility index (Phi) is 6.53. The summed E-state index contributed by atoms with van der Waals surface area (Å²) in [5.74, 6) is -0.891. The summed E-state index contributed by atoms with van der Waals surface area (Å²) >= 11 is 1.58. The Hall–Kier alpha value is -1.70. The van der Waals surface area contributed by atoms with E-state index in [4.69, 9.17) is 5.11 Å². The maximum Gasteiger partial charge on any atom is 0.335 e. The van der Waals surface area contributed by atoms with Crippen molar-refractivity contribution in [3.05, 3.63) is 23.8 Å². The Bertz CT molecular complexity index is 678. The highest BCUT2D eigenvalue weighted by molar-refractivity contribution is 7.22. The van der Waals surface area contributed by atoms with Gasteiger partial charge >= 0.3 is 5.97 Å². The smallest absolute Gasteiger partial charge is 0.335 e. The average molecular weight is 350 g/mol. The first kappa shape index (κ1) is 18.6. The molecular weight excluding hydrogens is 324 g/mol. The number of aromatic nitrogens is 1. The SMILES string of the molecule is CC(C)N1CCN(c2nc3ccc(C(=O)O)cc3s2)CC1.CNC. The third-order valence-corrected chi connectivity index (χ3v) is 5.02. The number of piperazine rings is 1. The maximum atomic E-state index is 11.0. The van der Waals surface area contributed by atoms with Gasteiger partial charge in [-0.1, -0.05) is 11.3 Å². The van der Waals surface area contributed by atoms with Gasteiger partial charge in [-0.2, -0.15) is 0 Å². The van der Waals surface area contributed by atoms with Crippen molar-refractivity contribution in [3.63, 3.8) is 0 Å². The number of nitrogens with zero attached hydrogens (tertiary/aromatic N) is 3. The molecule has 0 bridgehead atoms. The van der Waals surface area contributed by atoms with Gasteiger partial charge in [-0.15, -0.1) is 0 Å². The van der Waals surface area contributed by atoms with E-state index in [9.17, 15) is 4.79 Å². The molecular formula is C17H26N4O2S. The second-order valence-electron chi connectivity index (χ2n) is 6.10. The van der Waals surface area contributed by atoms with Crippen molar-refractivity contribution in [3.8, 4) is 0 Å². The molecule has 2 N–H and O–H groups in total. The molecule has 0 atom stereocenters. The van der Waals surface area contributed by atoms with Gasteiger partial charge in [-0.05, 0) is 46.1 Å². The number of aromatic carboxylic acids is 1. The van der Waals surface area contributed by atoms with Crippen LogP contribution in [0.2, 0.25) is 0 Å². The molecule has 0 aliphatic carbocycles. The first-order chi connectivity index (χ1) is 11.5. The predicted molar refractivity (Wildman–Crippen MR) is 100 cm³/mol. The maximum absolute atomic E-state index is 11.0. The standard InChI is InChI=1S/C15H19N3O2S.C2H7N/c1-10(2)17-5-7-18(8-6-17)15-16-12-4-3-11(14(19)20)9-13(12)21-15;1-3-2/h3-4,9-10H,5-8H2,1-2H3,(H,19,20);3H,1-2H3. The van der Waals surface area contributed by atoms with E-state index < -0.39 is 5.97 Å². The summed E-state index contributed by atoms with van der Waals surface area (Å²) in [6, 6.07) is 5.71. The first-order valence-electron chi connectivity index (χ1n) is 8.17. The zero-order chi connectivity index (χ0) is 17.7. The van der Waals surface area contributed by atoms with Gasteiger partial charge in [0.25, 0.3) is 0 Å². The number of carbonyl (C=O) groups is 1. The zero-order valence-electron chi connectivity index (χ0n) is 14.7. The van der Waals surface area contributed by atoms with E-state index in [-0.39, 0.29) is 0 Å². The molecule has 7 heteroatoms. The highest BCUT2D eigenvalue weighted by atomic mass is 32.1. The fourth-order valence-corrected chi connectivity index (χ4v) is 3.67. The molecule has 0 saturated carbocycles. The number of thiazole rings is 1. The molecule has 132 valence electrons. The first-order valence-corrected chi connectivity index (χ1v) is 8.99. The van der Waals surface area contributed by atoms with Crippen LogP contribution < -0.4 is 10.2 Å². The van der Waals surface area contributed by atoms with Crippen LogP contribution in [0.3, 0.4) is 0 Å². The van der Waals surface area contributed by atoms with Crippen molar-refractivity contribution < 1.29 is 9.90 Å². The molecule has 1 fully saturated rings. The second kappa shape index (κ2) is 8.41. The zero-order valence-corrected chi connectivity index (χ0v) is 15.6. The third-order valence-electron chi connectivity index (χ3n) is 3.94. The number of rotatable bonds is 3. The topological polar surface area (TPSA) is 68.7 Å². The summed E-state index contributed by atoms with van der Waals surface area (Å²) in [5.41, 5.74) is 1.20. The van der Waals surface area contributed by atoms with Gasteiger partial charge in [-0.25, -0.2) is 9.78 Å². The van der Waals surface area contributed by atoms with Crippen molar-refractivity contribution in [1.29, 1.82) is 0 Å². The minimum atomic E-state index is -0.891. The number of anilines is 1. The van der Waals surface area contributed by atoms with E-state index >= 15 is 0 Å². The summed E-state index contributed by atoms with van der Waals surface area (Å²) in [4.78, 5) is 20.4. The quantitative estimate of drug-likeness (QED) is 0.886. The van der Waals surface area contributed by atoms with Crippen molar-refractivity contribution in [2.24, 2.45) is 0 Å². The Morgan fingerprint density at radius 1 is 1.25 bits per heavy atom.